The average molecular weight is 403 g/mol. The van der Waals surface area contributed by atoms with Gasteiger partial charge in [-0.2, -0.15) is 5.10 Å². The van der Waals surface area contributed by atoms with Crippen LogP contribution >= 0.6 is 23.2 Å². The Labute approximate surface area is 165 Å². The zero-order valence-electron chi connectivity index (χ0n) is 14.0. The fourth-order valence-electron chi connectivity index (χ4n) is 3.18. The van der Waals surface area contributed by atoms with Gasteiger partial charge in [-0.25, -0.2) is 8.78 Å². The van der Waals surface area contributed by atoms with E-state index in [1.807, 2.05) is 0 Å². The summed E-state index contributed by atoms with van der Waals surface area (Å²) in [6.07, 6.45) is 0.479. The number of hydrogen-bond acceptors (Lipinski definition) is 2. The van der Waals surface area contributed by atoms with Crippen LogP contribution in [0.5, 0.6) is 0 Å². The molecular formula is C21H14Cl2F2N2. The van der Waals surface area contributed by atoms with Crippen LogP contribution in [0.3, 0.4) is 0 Å². The lowest BCUT2D eigenvalue weighted by Gasteiger charge is -2.24. The van der Waals surface area contributed by atoms with Crippen molar-refractivity contribution in [2.24, 2.45) is 5.10 Å². The molecule has 0 radical (unpaired) electrons. The van der Waals surface area contributed by atoms with Gasteiger partial charge >= 0.3 is 0 Å². The lowest BCUT2D eigenvalue weighted by molar-refractivity contribution is 0.579. The second-order valence-electron chi connectivity index (χ2n) is 6.24. The van der Waals surface area contributed by atoms with Crippen molar-refractivity contribution < 1.29 is 8.78 Å². The normalized spacial score (nSPS) is 16.5. The fraction of sp³-hybridized carbons (Fsp3) is 0.0952. The van der Waals surface area contributed by atoms with E-state index in [-0.39, 0.29) is 17.7 Å². The largest absolute Gasteiger partial charge is 0.257 e. The Morgan fingerprint density at radius 2 is 1.63 bits per heavy atom. The molecule has 0 amide bonds. The van der Waals surface area contributed by atoms with Gasteiger partial charge in [-0.05, 0) is 42.0 Å². The van der Waals surface area contributed by atoms with E-state index in [2.05, 4.69) is 5.10 Å². The third kappa shape index (κ3) is 3.55. The van der Waals surface area contributed by atoms with E-state index >= 15 is 0 Å². The predicted octanol–water partition coefficient (Wildman–Crippen LogP) is 6.63. The quantitative estimate of drug-likeness (QED) is 0.480. The van der Waals surface area contributed by atoms with E-state index in [0.29, 0.717) is 27.7 Å². The Morgan fingerprint density at radius 1 is 0.889 bits per heavy atom. The molecule has 0 saturated carbocycles. The van der Waals surface area contributed by atoms with Crippen molar-refractivity contribution in [2.45, 2.75) is 12.5 Å². The zero-order chi connectivity index (χ0) is 19.0. The second-order valence-corrected chi connectivity index (χ2v) is 7.05. The van der Waals surface area contributed by atoms with Gasteiger partial charge in [-0.15, -0.1) is 0 Å². The van der Waals surface area contributed by atoms with Crippen LogP contribution in [-0.2, 0) is 0 Å². The molecule has 27 heavy (non-hydrogen) atoms. The average Bonchev–Trinajstić information content (AvgIpc) is 3.10. The molecule has 0 saturated heterocycles. The van der Waals surface area contributed by atoms with E-state index in [0.717, 1.165) is 11.3 Å². The predicted molar refractivity (Wildman–Crippen MR) is 106 cm³/mol. The van der Waals surface area contributed by atoms with Gasteiger partial charge in [0.25, 0.3) is 0 Å². The van der Waals surface area contributed by atoms with Crippen LogP contribution in [-0.4, -0.2) is 5.71 Å². The van der Waals surface area contributed by atoms with Crippen LogP contribution in [0.2, 0.25) is 10.0 Å². The molecule has 1 aliphatic rings. The first-order valence-electron chi connectivity index (χ1n) is 8.35. The minimum absolute atomic E-state index is 0.303. The van der Waals surface area contributed by atoms with Crippen molar-refractivity contribution in [1.82, 2.24) is 0 Å². The van der Waals surface area contributed by atoms with Gasteiger partial charge < -0.3 is 0 Å². The minimum Gasteiger partial charge on any atom is -0.257 e. The molecular weight excluding hydrogens is 389 g/mol. The van der Waals surface area contributed by atoms with Gasteiger partial charge in [0, 0.05) is 12.0 Å². The number of rotatable bonds is 3. The molecule has 0 bridgehead atoms. The number of hydrazone groups is 1. The van der Waals surface area contributed by atoms with Crippen molar-refractivity contribution in [2.75, 3.05) is 5.01 Å². The molecule has 1 aliphatic heterocycles. The molecule has 0 aromatic heterocycles. The van der Waals surface area contributed by atoms with Crippen molar-refractivity contribution in [3.05, 3.63) is 99.5 Å². The highest BCUT2D eigenvalue weighted by atomic mass is 35.5. The molecule has 2 nitrogen and oxygen atoms in total. The highest BCUT2D eigenvalue weighted by Crippen LogP contribution is 2.39. The van der Waals surface area contributed by atoms with E-state index in [1.54, 1.807) is 53.5 Å². The van der Waals surface area contributed by atoms with Crippen molar-refractivity contribution in [3.8, 4) is 0 Å². The monoisotopic (exact) mass is 402 g/mol. The summed E-state index contributed by atoms with van der Waals surface area (Å²) in [4.78, 5) is 0. The molecule has 1 unspecified atom stereocenters. The van der Waals surface area contributed by atoms with Gasteiger partial charge in [0.1, 0.15) is 11.6 Å². The Balaban J connectivity index is 1.79. The highest BCUT2D eigenvalue weighted by Gasteiger charge is 2.31. The van der Waals surface area contributed by atoms with Crippen LogP contribution < -0.4 is 5.01 Å². The fourth-order valence-corrected chi connectivity index (χ4v) is 3.47. The van der Waals surface area contributed by atoms with E-state index in [4.69, 9.17) is 23.2 Å². The Kier molecular flexibility index (Phi) is 4.85. The molecule has 0 N–H and O–H groups in total. The first kappa shape index (κ1) is 18.0. The second kappa shape index (κ2) is 7.29. The Bertz CT molecular complexity index is 1020. The van der Waals surface area contributed by atoms with Crippen molar-refractivity contribution in [1.29, 1.82) is 0 Å². The lowest BCUT2D eigenvalue weighted by Crippen LogP contribution is -2.19. The molecule has 136 valence electrons. The summed E-state index contributed by atoms with van der Waals surface area (Å²) in [5.74, 6) is -0.618. The van der Waals surface area contributed by atoms with Crippen molar-refractivity contribution >= 4 is 34.6 Å². The van der Waals surface area contributed by atoms with E-state index in [1.165, 1.54) is 18.2 Å². The SMILES string of the molecule is Fc1ccc(C2=NN(c3ccc(Cl)c(Cl)c3)C(c3ccccc3F)C2)cc1. The maximum atomic E-state index is 14.5. The number of hydrogen-bond donors (Lipinski definition) is 0. The third-order valence-corrected chi connectivity index (χ3v) is 5.26. The molecule has 0 aliphatic carbocycles. The summed E-state index contributed by atoms with van der Waals surface area (Å²) in [6.45, 7) is 0. The molecule has 0 spiro atoms. The molecule has 4 rings (SSSR count). The number of nitrogens with zero attached hydrogens (tertiary/aromatic N) is 2. The summed E-state index contributed by atoms with van der Waals surface area (Å²) in [5, 5.41) is 7.25. The Hall–Kier alpha value is -2.43. The highest BCUT2D eigenvalue weighted by molar-refractivity contribution is 6.42. The van der Waals surface area contributed by atoms with Gasteiger partial charge in [0.05, 0.1) is 27.5 Å². The Morgan fingerprint density at radius 3 is 2.33 bits per heavy atom. The lowest BCUT2D eigenvalue weighted by atomic mass is 9.98. The molecule has 0 fully saturated rings. The van der Waals surface area contributed by atoms with Gasteiger partial charge in [-0.3, -0.25) is 5.01 Å². The topological polar surface area (TPSA) is 15.6 Å². The minimum atomic E-state index is -0.344. The maximum absolute atomic E-state index is 14.5. The van der Waals surface area contributed by atoms with Crippen molar-refractivity contribution in [3.63, 3.8) is 0 Å². The summed E-state index contributed by atoms with van der Waals surface area (Å²) in [6, 6.07) is 17.6. The number of halogens is 4. The number of anilines is 1. The zero-order valence-corrected chi connectivity index (χ0v) is 15.6. The van der Waals surface area contributed by atoms with Crippen LogP contribution in [0, 0.1) is 11.6 Å². The van der Waals surface area contributed by atoms with E-state index in [9.17, 15) is 8.78 Å². The van der Waals surface area contributed by atoms with Crippen LogP contribution in [0.4, 0.5) is 14.5 Å². The molecule has 6 heteroatoms. The van der Waals surface area contributed by atoms with Crippen LogP contribution in [0.15, 0.2) is 71.8 Å². The first-order valence-corrected chi connectivity index (χ1v) is 9.10. The molecule has 3 aromatic rings. The summed E-state index contributed by atoms with van der Waals surface area (Å²) >= 11 is 12.2. The summed E-state index contributed by atoms with van der Waals surface area (Å²) in [5.41, 5.74) is 2.77. The molecule has 3 aromatic carbocycles. The summed E-state index contributed by atoms with van der Waals surface area (Å²) in [7, 11) is 0. The number of benzene rings is 3. The standard InChI is InChI=1S/C21H14Cl2F2N2/c22-17-10-9-15(11-18(17)23)27-21(16-3-1-2-4-19(16)25)12-20(26-27)13-5-7-14(24)8-6-13/h1-11,21H,12H2. The first-order chi connectivity index (χ1) is 13.0. The van der Waals surface area contributed by atoms with Gasteiger partial charge in [0.15, 0.2) is 0 Å². The van der Waals surface area contributed by atoms with Crippen LogP contribution in [0.25, 0.3) is 0 Å². The van der Waals surface area contributed by atoms with Crippen LogP contribution in [0.1, 0.15) is 23.6 Å². The summed E-state index contributed by atoms with van der Waals surface area (Å²) < 4.78 is 27.7. The van der Waals surface area contributed by atoms with Gasteiger partial charge in [0.2, 0.25) is 0 Å². The third-order valence-electron chi connectivity index (χ3n) is 4.52. The van der Waals surface area contributed by atoms with Gasteiger partial charge in [-0.1, -0.05) is 53.5 Å². The molecule has 1 heterocycles. The smallest absolute Gasteiger partial charge is 0.128 e. The molecule has 1 atom stereocenters. The maximum Gasteiger partial charge on any atom is 0.128 e. The van der Waals surface area contributed by atoms with E-state index < -0.39 is 0 Å².